The third-order valence-electron chi connectivity index (χ3n) is 3.53. The first-order valence-electron chi connectivity index (χ1n) is 6.21. The van der Waals surface area contributed by atoms with Gasteiger partial charge in [0, 0.05) is 16.1 Å². The van der Waals surface area contributed by atoms with Gasteiger partial charge in [-0.1, -0.05) is 22.0 Å². The standard InChI is InChI=1S/C13H15BrN2O2.ClH/c14-10-2-1-9-8-18-13(17)16(12(9)7-10)11-3-5-15-6-4-11;/h1-2,7,11,15H,3-6,8H2;1H. The van der Waals surface area contributed by atoms with E-state index in [2.05, 4.69) is 21.2 Å². The molecule has 0 spiro atoms. The molecule has 6 heteroatoms. The van der Waals surface area contributed by atoms with Gasteiger partial charge in [-0.2, -0.15) is 0 Å². The molecule has 2 heterocycles. The molecule has 1 aromatic carbocycles. The summed E-state index contributed by atoms with van der Waals surface area (Å²) in [6.07, 6.45) is 1.73. The van der Waals surface area contributed by atoms with Crippen molar-refractivity contribution in [1.82, 2.24) is 5.32 Å². The van der Waals surface area contributed by atoms with Gasteiger partial charge < -0.3 is 10.1 Å². The maximum absolute atomic E-state index is 12.0. The first-order valence-corrected chi connectivity index (χ1v) is 7.00. The number of anilines is 1. The molecule has 0 bridgehead atoms. The van der Waals surface area contributed by atoms with Gasteiger partial charge in [-0.05, 0) is 38.1 Å². The lowest BCUT2D eigenvalue weighted by Crippen LogP contribution is -2.48. The average molecular weight is 348 g/mol. The highest BCUT2D eigenvalue weighted by Crippen LogP contribution is 2.33. The number of nitrogens with zero attached hydrogens (tertiary/aromatic N) is 1. The summed E-state index contributed by atoms with van der Waals surface area (Å²) in [6, 6.07) is 6.25. The van der Waals surface area contributed by atoms with Crippen LogP contribution in [0, 0.1) is 0 Å². The van der Waals surface area contributed by atoms with Gasteiger partial charge in [-0.3, -0.25) is 4.90 Å². The molecule has 4 nitrogen and oxygen atoms in total. The van der Waals surface area contributed by atoms with Gasteiger partial charge in [0.05, 0.1) is 5.69 Å². The Morgan fingerprint density at radius 2 is 2.05 bits per heavy atom. The smallest absolute Gasteiger partial charge is 0.414 e. The van der Waals surface area contributed by atoms with Gasteiger partial charge in [0.2, 0.25) is 0 Å². The van der Waals surface area contributed by atoms with Gasteiger partial charge in [-0.15, -0.1) is 12.4 Å². The molecular formula is C13H16BrClN2O2. The van der Waals surface area contributed by atoms with Gasteiger partial charge in [0.25, 0.3) is 0 Å². The van der Waals surface area contributed by atoms with Gasteiger partial charge >= 0.3 is 6.09 Å². The van der Waals surface area contributed by atoms with Crippen LogP contribution in [-0.4, -0.2) is 25.2 Å². The van der Waals surface area contributed by atoms with E-state index in [1.54, 1.807) is 0 Å². The highest BCUT2D eigenvalue weighted by Gasteiger charge is 2.32. The van der Waals surface area contributed by atoms with E-state index in [0.717, 1.165) is 41.7 Å². The number of amides is 1. The topological polar surface area (TPSA) is 41.6 Å². The van der Waals surface area contributed by atoms with Crippen molar-refractivity contribution in [2.24, 2.45) is 0 Å². The van der Waals surface area contributed by atoms with E-state index in [-0.39, 0.29) is 24.5 Å². The highest BCUT2D eigenvalue weighted by molar-refractivity contribution is 9.10. The molecule has 0 aromatic heterocycles. The van der Waals surface area contributed by atoms with Crippen LogP contribution < -0.4 is 10.2 Å². The Bertz CT molecular complexity index is 478. The van der Waals surface area contributed by atoms with Crippen molar-refractivity contribution in [1.29, 1.82) is 0 Å². The highest BCUT2D eigenvalue weighted by atomic mass is 79.9. The van der Waals surface area contributed by atoms with Crippen molar-refractivity contribution in [2.75, 3.05) is 18.0 Å². The third-order valence-corrected chi connectivity index (χ3v) is 4.02. The lowest BCUT2D eigenvalue weighted by molar-refractivity contribution is 0.137. The van der Waals surface area contributed by atoms with Crippen LogP contribution in [-0.2, 0) is 11.3 Å². The summed E-state index contributed by atoms with van der Waals surface area (Å²) in [5, 5.41) is 3.32. The minimum absolute atomic E-state index is 0. The predicted molar refractivity (Wildman–Crippen MR) is 79.9 cm³/mol. The second-order valence-corrected chi connectivity index (χ2v) is 5.59. The Hall–Kier alpha value is -0.780. The summed E-state index contributed by atoms with van der Waals surface area (Å²) in [5.41, 5.74) is 2.07. The SMILES string of the molecule is Cl.O=C1OCc2ccc(Br)cc2N1C1CCNCC1. The van der Waals surface area contributed by atoms with Crippen molar-refractivity contribution < 1.29 is 9.53 Å². The van der Waals surface area contributed by atoms with E-state index in [1.165, 1.54) is 0 Å². The average Bonchev–Trinajstić information content (AvgIpc) is 2.39. The fourth-order valence-electron chi connectivity index (χ4n) is 2.60. The van der Waals surface area contributed by atoms with Crippen molar-refractivity contribution in [3.05, 3.63) is 28.2 Å². The van der Waals surface area contributed by atoms with E-state index >= 15 is 0 Å². The number of carbonyl (C=O) groups excluding carboxylic acids is 1. The monoisotopic (exact) mass is 346 g/mol. The molecule has 0 aliphatic carbocycles. The van der Waals surface area contributed by atoms with Gasteiger partial charge in [0.1, 0.15) is 6.61 Å². The molecule has 0 unspecified atom stereocenters. The molecule has 0 radical (unpaired) electrons. The van der Waals surface area contributed by atoms with Crippen LogP contribution in [0.3, 0.4) is 0 Å². The number of nitrogens with one attached hydrogen (secondary N) is 1. The van der Waals surface area contributed by atoms with Crippen LogP contribution in [0.4, 0.5) is 10.5 Å². The molecule has 2 aliphatic rings. The largest absolute Gasteiger partial charge is 0.444 e. The van der Waals surface area contributed by atoms with E-state index < -0.39 is 0 Å². The summed E-state index contributed by atoms with van der Waals surface area (Å²) >= 11 is 3.47. The molecule has 0 atom stereocenters. The molecule has 1 fully saturated rings. The lowest BCUT2D eigenvalue weighted by atomic mass is 10.0. The first kappa shape index (κ1) is 14.6. The molecular weight excluding hydrogens is 332 g/mol. The van der Waals surface area contributed by atoms with E-state index in [9.17, 15) is 4.79 Å². The minimum atomic E-state index is -0.215. The zero-order valence-corrected chi connectivity index (χ0v) is 12.8. The minimum Gasteiger partial charge on any atom is -0.444 e. The van der Waals surface area contributed by atoms with E-state index in [4.69, 9.17) is 4.74 Å². The zero-order valence-electron chi connectivity index (χ0n) is 10.4. The number of carbonyl (C=O) groups is 1. The molecule has 3 rings (SSSR count). The zero-order chi connectivity index (χ0) is 12.5. The molecule has 19 heavy (non-hydrogen) atoms. The van der Waals surface area contributed by atoms with Crippen LogP contribution in [0.1, 0.15) is 18.4 Å². The summed E-state index contributed by atoms with van der Waals surface area (Å²) in [5.74, 6) is 0. The van der Waals surface area contributed by atoms with Crippen LogP contribution in [0.5, 0.6) is 0 Å². The molecule has 1 amide bonds. The van der Waals surface area contributed by atoms with Crippen molar-refractivity contribution in [3.63, 3.8) is 0 Å². The Kier molecular flexibility index (Phi) is 4.71. The summed E-state index contributed by atoms with van der Waals surface area (Å²) in [6.45, 7) is 2.29. The fourth-order valence-corrected chi connectivity index (χ4v) is 2.95. The molecule has 1 saturated heterocycles. The lowest BCUT2D eigenvalue weighted by Gasteiger charge is -2.37. The van der Waals surface area contributed by atoms with Crippen molar-refractivity contribution in [2.45, 2.75) is 25.5 Å². The van der Waals surface area contributed by atoms with Gasteiger partial charge in [-0.25, -0.2) is 4.79 Å². The van der Waals surface area contributed by atoms with Crippen LogP contribution in [0.2, 0.25) is 0 Å². The molecule has 0 saturated carbocycles. The van der Waals surface area contributed by atoms with Crippen molar-refractivity contribution >= 4 is 40.1 Å². The Morgan fingerprint density at radius 1 is 1.32 bits per heavy atom. The maximum Gasteiger partial charge on any atom is 0.414 e. The van der Waals surface area contributed by atoms with Crippen molar-refractivity contribution in [3.8, 4) is 0 Å². The summed E-state index contributed by atoms with van der Waals surface area (Å²) in [4.78, 5) is 13.9. The third kappa shape index (κ3) is 2.88. The van der Waals surface area contributed by atoms with E-state index in [0.29, 0.717) is 6.61 Å². The molecule has 104 valence electrons. The number of halogens is 2. The van der Waals surface area contributed by atoms with Crippen LogP contribution in [0.25, 0.3) is 0 Å². The van der Waals surface area contributed by atoms with Crippen LogP contribution in [0.15, 0.2) is 22.7 Å². The fraction of sp³-hybridized carbons (Fsp3) is 0.462. The Morgan fingerprint density at radius 3 is 2.79 bits per heavy atom. The van der Waals surface area contributed by atoms with E-state index in [1.807, 2.05) is 23.1 Å². The number of cyclic esters (lactones) is 1. The number of hydrogen-bond donors (Lipinski definition) is 1. The predicted octanol–water partition coefficient (Wildman–Crippen LogP) is 3.08. The Balaban J connectivity index is 0.00000133. The maximum atomic E-state index is 12.0. The second kappa shape index (κ2) is 6.11. The molecule has 2 aliphatic heterocycles. The number of hydrogen-bond acceptors (Lipinski definition) is 3. The van der Waals surface area contributed by atoms with Gasteiger partial charge in [0.15, 0.2) is 0 Å². The normalized spacial score (nSPS) is 19.4. The number of ether oxygens (including phenoxy) is 1. The first-order chi connectivity index (χ1) is 8.75. The number of piperidine rings is 1. The number of rotatable bonds is 1. The Labute approximate surface area is 127 Å². The summed E-state index contributed by atoms with van der Waals surface area (Å²) < 4.78 is 6.26. The number of fused-ring (bicyclic) bond motifs is 1. The molecule has 1 aromatic rings. The quantitative estimate of drug-likeness (QED) is 0.849. The number of benzene rings is 1. The summed E-state index contributed by atoms with van der Waals surface area (Å²) in [7, 11) is 0. The molecule has 1 N–H and O–H groups in total. The van der Waals surface area contributed by atoms with Crippen LogP contribution >= 0.6 is 28.3 Å². The second-order valence-electron chi connectivity index (χ2n) is 4.68.